The monoisotopic (exact) mass is 406 g/mol. The van der Waals surface area contributed by atoms with E-state index in [0.717, 1.165) is 11.4 Å². The molecule has 1 atom stereocenters. The number of rotatable bonds is 5. The molecule has 0 bridgehead atoms. The fraction of sp³-hybridized carbons (Fsp3) is 0.167. The lowest BCUT2D eigenvalue weighted by Gasteiger charge is -2.13. The van der Waals surface area contributed by atoms with Crippen LogP contribution in [0.3, 0.4) is 0 Å². The molecule has 0 saturated carbocycles. The minimum atomic E-state index is -0.392. The Morgan fingerprint density at radius 3 is 2.58 bits per heavy atom. The Balaban J connectivity index is 1.72. The Kier molecular flexibility index (Phi) is 5.86. The number of hydrogen-bond donors (Lipinski definition) is 1. The van der Waals surface area contributed by atoms with Crippen LogP contribution in [0.1, 0.15) is 6.92 Å². The molecule has 0 fully saturated rings. The second-order valence-corrected chi connectivity index (χ2v) is 7.68. The normalized spacial score (nSPS) is 12.0. The van der Waals surface area contributed by atoms with Gasteiger partial charge in [-0.05, 0) is 19.1 Å². The van der Waals surface area contributed by atoms with E-state index >= 15 is 0 Å². The van der Waals surface area contributed by atoms with Crippen molar-refractivity contribution in [1.29, 1.82) is 0 Å². The van der Waals surface area contributed by atoms with Gasteiger partial charge in [0.15, 0.2) is 11.0 Å². The molecule has 3 aromatic rings. The number of carbonyl (C=O) groups is 1. The van der Waals surface area contributed by atoms with Crippen LogP contribution in [0.2, 0.25) is 10.0 Å². The van der Waals surface area contributed by atoms with E-state index in [0.29, 0.717) is 20.9 Å². The molecule has 0 spiro atoms. The Morgan fingerprint density at radius 1 is 1.12 bits per heavy atom. The summed E-state index contributed by atoms with van der Waals surface area (Å²) in [4.78, 5) is 12.5. The summed E-state index contributed by atoms with van der Waals surface area (Å²) in [7, 11) is 1.88. The molecule has 1 heterocycles. The summed E-state index contributed by atoms with van der Waals surface area (Å²) in [6, 6.07) is 14.9. The van der Waals surface area contributed by atoms with Gasteiger partial charge in [-0.2, -0.15) is 0 Å². The number of nitrogens with zero attached hydrogens (tertiary/aromatic N) is 3. The maximum absolute atomic E-state index is 12.5. The van der Waals surface area contributed by atoms with Gasteiger partial charge in [-0.15, -0.1) is 10.2 Å². The van der Waals surface area contributed by atoms with Crippen molar-refractivity contribution in [3.05, 3.63) is 58.6 Å². The smallest absolute Gasteiger partial charge is 0.237 e. The van der Waals surface area contributed by atoms with E-state index in [4.69, 9.17) is 23.2 Å². The number of benzene rings is 2. The third-order valence-corrected chi connectivity index (χ3v) is 5.68. The van der Waals surface area contributed by atoms with Gasteiger partial charge < -0.3 is 9.88 Å². The molecule has 2 aromatic carbocycles. The third-order valence-electron chi connectivity index (χ3n) is 3.73. The van der Waals surface area contributed by atoms with Crippen molar-refractivity contribution < 1.29 is 4.79 Å². The number of aromatic nitrogens is 3. The molecule has 0 aliphatic carbocycles. The van der Waals surface area contributed by atoms with Crippen molar-refractivity contribution in [3.8, 4) is 11.4 Å². The van der Waals surface area contributed by atoms with Crippen LogP contribution in [0.5, 0.6) is 0 Å². The highest BCUT2D eigenvalue weighted by atomic mass is 35.5. The van der Waals surface area contributed by atoms with E-state index in [-0.39, 0.29) is 5.91 Å². The molecule has 1 aromatic heterocycles. The Bertz CT molecular complexity index is 930. The highest BCUT2D eigenvalue weighted by Crippen LogP contribution is 2.31. The quantitative estimate of drug-likeness (QED) is 0.611. The molecule has 0 saturated heterocycles. The summed E-state index contributed by atoms with van der Waals surface area (Å²) in [6.45, 7) is 1.80. The minimum absolute atomic E-state index is 0.191. The van der Waals surface area contributed by atoms with Gasteiger partial charge in [0.05, 0.1) is 21.0 Å². The number of halogens is 2. The van der Waals surface area contributed by atoms with E-state index in [1.54, 1.807) is 25.1 Å². The van der Waals surface area contributed by atoms with Gasteiger partial charge in [0.1, 0.15) is 0 Å². The summed E-state index contributed by atoms with van der Waals surface area (Å²) < 4.78 is 1.87. The molecule has 26 heavy (non-hydrogen) atoms. The van der Waals surface area contributed by atoms with Crippen molar-refractivity contribution in [2.75, 3.05) is 5.32 Å². The van der Waals surface area contributed by atoms with Crippen LogP contribution in [0, 0.1) is 0 Å². The van der Waals surface area contributed by atoms with Gasteiger partial charge in [0.2, 0.25) is 5.91 Å². The minimum Gasteiger partial charge on any atom is -0.324 e. The standard InChI is InChI=1S/C18H16Cl2N4OS/c1-11(17(25)21-14-10-6-9-13(19)15(14)20)26-18-23-22-16(24(18)2)12-7-4-3-5-8-12/h3-11H,1-2H3,(H,21,25)/t11-/m0/s1. The Hall–Kier alpha value is -2.02. The average Bonchev–Trinajstić information content (AvgIpc) is 3.00. The number of carbonyl (C=O) groups excluding carboxylic acids is 1. The lowest BCUT2D eigenvalue weighted by atomic mass is 10.2. The fourth-order valence-corrected chi connectivity index (χ4v) is 3.46. The van der Waals surface area contributed by atoms with Gasteiger partial charge in [0, 0.05) is 12.6 Å². The second kappa shape index (κ2) is 8.12. The predicted molar refractivity (Wildman–Crippen MR) is 107 cm³/mol. The Labute approximate surface area is 165 Å². The van der Waals surface area contributed by atoms with E-state index in [9.17, 15) is 4.79 Å². The SMILES string of the molecule is C[C@H](Sc1nnc(-c2ccccc2)n1C)C(=O)Nc1cccc(Cl)c1Cl. The van der Waals surface area contributed by atoms with Crippen molar-refractivity contribution in [2.24, 2.45) is 7.05 Å². The van der Waals surface area contributed by atoms with Gasteiger partial charge in [0.25, 0.3) is 0 Å². The number of thioether (sulfide) groups is 1. The summed E-state index contributed by atoms with van der Waals surface area (Å²) in [5.41, 5.74) is 1.46. The van der Waals surface area contributed by atoms with Gasteiger partial charge in [-0.25, -0.2) is 0 Å². The molecule has 0 radical (unpaired) electrons. The topological polar surface area (TPSA) is 59.8 Å². The summed E-state index contributed by atoms with van der Waals surface area (Å²) in [5.74, 6) is 0.557. The number of hydrogen-bond acceptors (Lipinski definition) is 4. The fourth-order valence-electron chi connectivity index (χ4n) is 2.30. The predicted octanol–water partition coefficient (Wildman–Crippen LogP) is 4.91. The summed E-state index contributed by atoms with van der Waals surface area (Å²) in [5, 5.41) is 12.2. The molecular weight excluding hydrogens is 391 g/mol. The molecule has 0 aliphatic heterocycles. The zero-order chi connectivity index (χ0) is 18.7. The molecule has 134 valence electrons. The highest BCUT2D eigenvalue weighted by Gasteiger charge is 2.20. The molecular formula is C18H16Cl2N4OS. The van der Waals surface area contributed by atoms with Gasteiger partial charge in [-0.1, -0.05) is 71.4 Å². The summed E-state index contributed by atoms with van der Waals surface area (Å²) >= 11 is 13.4. The van der Waals surface area contributed by atoms with Crippen LogP contribution in [0.4, 0.5) is 5.69 Å². The van der Waals surface area contributed by atoms with Crippen molar-refractivity contribution in [2.45, 2.75) is 17.3 Å². The number of anilines is 1. The van der Waals surface area contributed by atoms with Gasteiger partial charge >= 0.3 is 0 Å². The largest absolute Gasteiger partial charge is 0.324 e. The highest BCUT2D eigenvalue weighted by molar-refractivity contribution is 8.00. The van der Waals surface area contributed by atoms with E-state index in [2.05, 4.69) is 15.5 Å². The van der Waals surface area contributed by atoms with E-state index in [1.165, 1.54) is 11.8 Å². The van der Waals surface area contributed by atoms with Crippen molar-refractivity contribution in [3.63, 3.8) is 0 Å². The zero-order valence-electron chi connectivity index (χ0n) is 14.1. The number of amides is 1. The molecule has 0 aliphatic rings. The maximum Gasteiger partial charge on any atom is 0.237 e. The lowest BCUT2D eigenvalue weighted by Crippen LogP contribution is -2.23. The van der Waals surface area contributed by atoms with Crippen LogP contribution >= 0.6 is 35.0 Å². The van der Waals surface area contributed by atoms with Crippen LogP contribution in [-0.4, -0.2) is 25.9 Å². The molecule has 0 unspecified atom stereocenters. The van der Waals surface area contributed by atoms with Gasteiger partial charge in [-0.3, -0.25) is 4.79 Å². The summed E-state index contributed by atoms with van der Waals surface area (Å²) in [6.07, 6.45) is 0. The first kappa shape index (κ1) is 18.8. The maximum atomic E-state index is 12.5. The van der Waals surface area contributed by atoms with Crippen molar-refractivity contribution in [1.82, 2.24) is 14.8 Å². The molecule has 1 N–H and O–H groups in total. The van der Waals surface area contributed by atoms with Crippen molar-refractivity contribution >= 4 is 46.6 Å². The lowest BCUT2D eigenvalue weighted by molar-refractivity contribution is -0.115. The Morgan fingerprint density at radius 2 is 1.85 bits per heavy atom. The van der Waals surface area contributed by atoms with Crippen LogP contribution in [0.15, 0.2) is 53.7 Å². The molecule has 1 amide bonds. The molecule has 8 heteroatoms. The second-order valence-electron chi connectivity index (χ2n) is 5.58. The first-order valence-corrected chi connectivity index (χ1v) is 9.47. The van der Waals surface area contributed by atoms with Crippen LogP contribution in [-0.2, 0) is 11.8 Å². The first-order chi connectivity index (χ1) is 12.5. The van der Waals surface area contributed by atoms with E-state index in [1.807, 2.05) is 41.9 Å². The molecule has 3 rings (SSSR count). The molecule has 5 nitrogen and oxygen atoms in total. The van der Waals surface area contributed by atoms with E-state index < -0.39 is 5.25 Å². The zero-order valence-corrected chi connectivity index (χ0v) is 16.4. The average molecular weight is 407 g/mol. The number of nitrogens with one attached hydrogen (secondary N) is 1. The van der Waals surface area contributed by atoms with Crippen LogP contribution in [0.25, 0.3) is 11.4 Å². The third kappa shape index (κ3) is 4.03. The van der Waals surface area contributed by atoms with Crippen LogP contribution < -0.4 is 5.32 Å². The first-order valence-electron chi connectivity index (χ1n) is 7.83.